The largest absolute Gasteiger partial charge is 0.395 e. The zero-order valence-corrected chi connectivity index (χ0v) is 8.21. The maximum absolute atomic E-state index is 9.01. The van der Waals surface area contributed by atoms with E-state index in [9.17, 15) is 0 Å². The third kappa shape index (κ3) is 2.46. The van der Waals surface area contributed by atoms with Crippen LogP contribution in [0.5, 0.6) is 0 Å². The van der Waals surface area contributed by atoms with Crippen molar-refractivity contribution in [1.29, 1.82) is 0 Å². The van der Waals surface area contributed by atoms with E-state index in [1.165, 1.54) is 19.3 Å². The first-order chi connectivity index (χ1) is 5.77. The van der Waals surface area contributed by atoms with Crippen LogP contribution in [0.3, 0.4) is 0 Å². The van der Waals surface area contributed by atoms with Gasteiger partial charge in [-0.1, -0.05) is 20.3 Å². The molecule has 2 N–H and O–H groups in total. The van der Waals surface area contributed by atoms with E-state index in [-0.39, 0.29) is 6.61 Å². The second-order valence-electron chi connectivity index (χ2n) is 3.97. The molecular formula is C10H21NO. The van der Waals surface area contributed by atoms with Crippen LogP contribution in [0.15, 0.2) is 0 Å². The van der Waals surface area contributed by atoms with Gasteiger partial charge >= 0.3 is 0 Å². The second-order valence-corrected chi connectivity index (χ2v) is 3.97. The highest BCUT2D eigenvalue weighted by molar-refractivity contribution is 4.82. The molecule has 2 heteroatoms. The number of hydrogen-bond acceptors (Lipinski definition) is 2. The molecule has 72 valence electrons. The van der Waals surface area contributed by atoms with Crippen LogP contribution in [-0.2, 0) is 0 Å². The summed E-state index contributed by atoms with van der Waals surface area (Å²) in [5.41, 5.74) is 0. The van der Waals surface area contributed by atoms with Gasteiger partial charge in [0.2, 0.25) is 0 Å². The maximum atomic E-state index is 9.01. The molecule has 1 rings (SSSR count). The van der Waals surface area contributed by atoms with E-state index in [1.54, 1.807) is 0 Å². The summed E-state index contributed by atoms with van der Waals surface area (Å²) in [5, 5.41) is 12.5. The molecule has 1 saturated carbocycles. The zero-order valence-electron chi connectivity index (χ0n) is 8.21. The van der Waals surface area contributed by atoms with Gasteiger partial charge in [-0.05, 0) is 25.2 Å². The van der Waals surface area contributed by atoms with Crippen molar-refractivity contribution in [1.82, 2.24) is 5.32 Å². The molecule has 0 bridgehead atoms. The minimum Gasteiger partial charge on any atom is -0.395 e. The highest BCUT2D eigenvalue weighted by Crippen LogP contribution is 2.25. The van der Waals surface area contributed by atoms with Crippen LogP contribution < -0.4 is 5.32 Å². The molecule has 1 fully saturated rings. The first-order valence-corrected chi connectivity index (χ1v) is 5.14. The summed E-state index contributed by atoms with van der Waals surface area (Å²) < 4.78 is 0. The fourth-order valence-corrected chi connectivity index (χ4v) is 2.00. The van der Waals surface area contributed by atoms with Crippen molar-refractivity contribution in [3.63, 3.8) is 0 Å². The van der Waals surface area contributed by atoms with Crippen molar-refractivity contribution >= 4 is 0 Å². The minimum atomic E-state index is 0.278. The summed E-state index contributed by atoms with van der Waals surface area (Å²) >= 11 is 0. The summed E-state index contributed by atoms with van der Waals surface area (Å²) in [6.45, 7) is 4.70. The van der Waals surface area contributed by atoms with Crippen LogP contribution in [0, 0.1) is 5.92 Å². The summed E-state index contributed by atoms with van der Waals surface area (Å²) in [6, 6.07) is 0.970. The van der Waals surface area contributed by atoms with Crippen molar-refractivity contribution in [3.8, 4) is 0 Å². The van der Waals surface area contributed by atoms with Gasteiger partial charge in [0.25, 0.3) is 0 Å². The van der Waals surface area contributed by atoms with Crippen molar-refractivity contribution in [2.75, 3.05) is 6.61 Å². The first-order valence-electron chi connectivity index (χ1n) is 5.14. The summed E-state index contributed by atoms with van der Waals surface area (Å²) in [5.74, 6) is 0.797. The monoisotopic (exact) mass is 171 g/mol. The smallest absolute Gasteiger partial charge is 0.0584 e. The molecule has 2 nitrogen and oxygen atoms in total. The van der Waals surface area contributed by atoms with E-state index in [4.69, 9.17) is 5.11 Å². The fraction of sp³-hybridized carbons (Fsp3) is 1.00. The van der Waals surface area contributed by atoms with Crippen molar-refractivity contribution in [2.45, 2.75) is 51.6 Å². The Kier molecular flexibility index (Phi) is 4.02. The fourth-order valence-electron chi connectivity index (χ4n) is 2.00. The van der Waals surface area contributed by atoms with Crippen LogP contribution >= 0.6 is 0 Å². The lowest BCUT2D eigenvalue weighted by atomic mass is 10.0. The molecule has 0 aliphatic heterocycles. The minimum absolute atomic E-state index is 0.278. The number of nitrogens with one attached hydrogen (secondary N) is 1. The third-order valence-electron chi connectivity index (χ3n) is 3.02. The zero-order chi connectivity index (χ0) is 8.97. The lowest BCUT2D eigenvalue weighted by Gasteiger charge is -2.23. The summed E-state index contributed by atoms with van der Waals surface area (Å²) in [6.07, 6.45) is 5.01. The number of rotatable bonds is 4. The Balaban J connectivity index is 2.28. The lowest BCUT2D eigenvalue weighted by Crippen LogP contribution is -2.41. The number of hydrogen-bond donors (Lipinski definition) is 2. The lowest BCUT2D eigenvalue weighted by molar-refractivity contribution is 0.219. The Morgan fingerprint density at radius 3 is 2.67 bits per heavy atom. The van der Waals surface area contributed by atoms with Gasteiger partial charge in [0.1, 0.15) is 0 Å². The average Bonchev–Trinajstić information content (AvgIpc) is 2.47. The summed E-state index contributed by atoms with van der Waals surface area (Å²) in [7, 11) is 0. The predicted molar refractivity (Wildman–Crippen MR) is 51.1 cm³/mol. The van der Waals surface area contributed by atoms with Gasteiger partial charge in [-0.15, -0.1) is 0 Å². The highest BCUT2D eigenvalue weighted by atomic mass is 16.3. The van der Waals surface area contributed by atoms with Gasteiger partial charge in [0.05, 0.1) is 6.61 Å². The number of aliphatic hydroxyl groups excluding tert-OH is 1. The SMILES string of the molecule is CC[C@@H](CO)NC1CCCC1C. The third-order valence-corrected chi connectivity index (χ3v) is 3.02. The molecule has 0 aromatic rings. The van der Waals surface area contributed by atoms with E-state index >= 15 is 0 Å². The molecule has 0 aromatic carbocycles. The maximum Gasteiger partial charge on any atom is 0.0584 e. The molecule has 1 aliphatic rings. The highest BCUT2D eigenvalue weighted by Gasteiger charge is 2.24. The van der Waals surface area contributed by atoms with Crippen LogP contribution in [0.2, 0.25) is 0 Å². The molecule has 0 amide bonds. The first kappa shape index (κ1) is 10.0. The Morgan fingerprint density at radius 2 is 2.25 bits per heavy atom. The van der Waals surface area contributed by atoms with Crippen LogP contribution in [0.4, 0.5) is 0 Å². The second kappa shape index (κ2) is 4.83. The quantitative estimate of drug-likeness (QED) is 0.672. The molecule has 2 unspecified atom stereocenters. The number of aliphatic hydroxyl groups is 1. The van der Waals surface area contributed by atoms with E-state index in [0.29, 0.717) is 12.1 Å². The Morgan fingerprint density at radius 1 is 1.50 bits per heavy atom. The molecule has 12 heavy (non-hydrogen) atoms. The molecule has 0 heterocycles. The van der Waals surface area contributed by atoms with Crippen molar-refractivity contribution < 1.29 is 5.11 Å². The predicted octanol–water partition coefficient (Wildman–Crippen LogP) is 1.54. The van der Waals surface area contributed by atoms with E-state index in [1.807, 2.05) is 0 Å². The van der Waals surface area contributed by atoms with Gasteiger partial charge in [-0.3, -0.25) is 0 Å². The molecular weight excluding hydrogens is 150 g/mol. The van der Waals surface area contributed by atoms with Crippen molar-refractivity contribution in [3.05, 3.63) is 0 Å². The van der Waals surface area contributed by atoms with Gasteiger partial charge in [0.15, 0.2) is 0 Å². The molecule has 0 saturated heterocycles. The molecule has 0 aromatic heterocycles. The van der Waals surface area contributed by atoms with Gasteiger partial charge in [0, 0.05) is 12.1 Å². The Labute approximate surface area is 75.4 Å². The van der Waals surface area contributed by atoms with E-state index in [0.717, 1.165) is 12.3 Å². The molecule has 0 radical (unpaired) electrons. The van der Waals surface area contributed by atoms with Gasteiger partial charge in [-0.2, -0.15) is 0 Å². The standard InChI is InChI=1S/C10H21NO/c1-3-9(7-12)11-10-6-4-5-8(10)2/h8-12H,3-7H2,1-2H3/t8?,9-,10?/m0/s1. The topological polar surface area (TPSA) is 32.3 Å². The van der Waals surface area contributed by atoms with Crippen LogP contribution in [0.25, 0.3) is 0 Å². The average molecular weight is 171 g/mol. The van der Waals surface area contributed by atoms with Crippen LogP contribution in [0.1, 0.15) is 39.5 Å². The van der Waals surface area contributed by atoms with Gasteiger partial charge < -0.3 is 10.4 Å². The Bertz CT molecular complexity index is 123. The normalized spacial score (nSPS) is 32.2. The molecule has 1 aliphatic carbocycles. The van der Waals surface area contributed by atoms with E-state index in [2.05, 4.69) is 19.2 Å². The molecule has 0 spiro atoms. The van der Waals surface area contributed by atoms with Crippen LogP contribution in [-0.4, -0.2) is 23.8 Å². The Hall–Kier alpha value is -0.0800. The van der Waals surface area contributed by atoms with E-state index < -0.39 is 0 Å². The van der Waals surface area contributed by atoms with Gasteiger partial charge in [-0.25, -0.2) is 0 Å². The summed E-state index contributed by atoms with van der Waals surface area (Å²) in [4.78, 5) is 0. The van der Waals surface area contributed by atoms with Crippen molar-refractivity contribution in [2.24, 2.45) is 5.92 Å². The molecule has 3 atom stereocenters.